The topological polar surface area (TPSA) is 70.7 Å². The van der Waals surface area contributed by atoms with E-state index in [1.807, 2.05) is 0 Å². The molecular formula is C21H16F4N4O. The molecule has 1 aromatic carbocycles. The van der Waals surface area contributed by atoms with E-state index in [4.69, 9.17) is 0 Å². The van der Waals surface area contributed by atoms with E-state index in [1.165, 1.54) is 18.3 Å². The van der Waals surface area contributed by atoms with Gasteiger partial charge in [0.25, 0.3) is 5.91 Å². The molecular weight excluding hydrogens is 400 g/mol. The lowest BCUT2D eigenvalue weighted by atomic mass is 10.0. The van der Waals surface area contributed by atoms with Crippen LogP contribution in [-0.4, -0.2) is 27.3 Å². The van der Waals surface area contributed by atoms with Crippen molar-refractivity contribution in [1.82, 2.24) is 20.5 Å². The van der Waals surface area contributed by atoms with Crippen LogP contribution in [0.4, 0.5) is 17.6 Å². The molecule has 0 bridgehead atoms. The number of fused-ring (bicyclic) bond motifs is 1. The molecule has 2 aromatic heterocycles. The maximum absolute atomic E-state index is 13.5. The second-order valence-corrected chi connectivity index (χ2v) is 6.28. The fraction of sp³-hybridized carbons (Fsp3) is 0.0952. The molecule has 3 aromatic rings. The van der Waals surface area contributed by atoms with Gasteiger partial charge in [0.1, 0.15) is 5.82 Å². The Hall–Kier alpha value is -3.75. The van der Waals surface area contributed by atoms with Crippen molar-refractivity contribution in [1.29, 1.82) is 0 Å². The molecule has 0 aliphatic heterocycles. The first-order valence-corrected chi connectivity index (χ1v) is 8.70. The van der Waals surface area contributed by atoms with E-state index in [2.05, 4.69) is 27.1 Å². The Morgan fingerprint density at radius 2 is 1.93 bits per heavy atom. The van der Waals surface area contributed by atoms with Gasteiger partial charge in [-0.1, -0.05) is 18.7 Å². The molecule has 0 atom stereocenters. The monoisotopic (exact) mass is 416 g/mol. The molecule has 30 heavy (non-hydrogen) atoms. The van der Waals surface area contributed by atoms with Gasteiger partial charge in [0.2, 0.25) is 0 Å². The maximum atomic E-state index is 13.5. The number of alkyl halides is 3. The van der Waals surface area contributed by atoms with Gasteiger partial charge >= 0.3 is 6.18 Å². The highest BCUT2D eigenvalue weighted by Gasteiger charge is 2.29. The Morgan fingerprint density at radius 3 is 2.60 bits per heavy atom. The Labute approximate surface area is 168 Å². The van der Waals surface area contributed by atoms with E-state index in [0.717, 1.165) is 18.3 Å². The summed E-state index contributed by atoms with van der Waals surface area (Å²) in [6.07, 6.45) is 1.33. The molecule has 0 fully saturated rings. The SMILES string of the molecule is C=C(/C=C\C(=C/C)NC(=O)c1n[nH]c2ccc(-c3cncc(F)c3)cc12)C(F)(F)F. The molecule has 0 radical (unpaired) electrons. The number of pyridine rings is 1. The summed E-state index contributed by atoms with van der Waals surface area (Å²) in [6.45, 7) is 4.51. The lowest BCUT2D eigenvalue weighted by Gasteiger charge is -2.07. The Balaban J connectivity index is 1.87. The van der Waals surface area contributed by atoms with Gasteiger partial charge < -0.3 is 5.32 Å². The zero-order chi connectivity index (χ0) is 21.9. The molecule has 2 heterocycles. The first kappa shape index (κ1) is 21.0. The number of aromatic amines is 1. The van der Waals surface area contributed by atoms with Crippen LogP contribution in [0.1, 0.15) is 17.4 Å². The van der Waals surface area contributed by atoms with Crippen molar-refractivity contribution in [2.75, 3.05) is 0 Å². The maximum Gasteiger partial charge on any atom is 0.415 e. The lowest BCUT2D eigenvalue weighted by molar-refractivity contribution is -0.0878. The normalized spacial score (nSPS) is 12.5. The number of rotatable bonds is 5. The molecule has 0 saturated heterocycles. The summed E-state index contributed by atoms with van der Waals surface area (Å²) in [6, 6.07) is 6.37. The quantitative estimate of drug-likeness (QED) is 0.451. The van der Waals surface area contributed by atoms with E-state index in [0.29, 0.717) is 22.0 Å². The van der Waals surface area contributed by atoms with Crippen LogP contribution < -0.4 is 5.32 Å². The fourth-order valence-corrected chi connectivity index (χ4v) is 2.62. The van der Waals surface area contributed by atoms with E-state index in [9.17, 15) is 22.4 Å². The molecule has 9 heteroatoms. The number of hydrogen-bond acceptors (Lipinski definition) is 3. The van der Waals surface area contributed by atoms with E-state index in [-0.39, 0.29) is 11.4 Å². The summed E-state index contributed by atoms with van der Waals surface area (Å²) in [5, 5.41) is 9.69. The van der Waals surface area contributed by atoms with Crippen LogP contribution in [0.2, 0.25) is 0 Å². The van der Waals surface area contributed by atoms with Crippen LogP contribution in [0.15, 0.2) is 72.7 Å². The highest BCUT2D eigenvalue weighted by Crippen LogP contribution is 2.26. The van der Waals surface area contributed by atoms with Gasteiger partial charge in [0.15, 0.2) is 5.69 Å². The number of H-pyrrole nitrogens is 1. The second-order valence-electron chi connectivity index (χ2n) is 6.28. The van der Waals surface area contributed by atoms with Crippen molar-refractivity contribution in [3.8, 4) is 11.1 Å². The minimum Gasteiger partial charge on any atom is -0.321 e. The average Bonchev–Trinajstić information content (AvgIpc) is 3.13. The zero-order valence-corrected chi connectivity index (χ0v) is 15.7. The van der Waals surface area contributed by atoms with Crippen molar-refractivity contribution in [2.24, 2.45) is 0 Å². The van der Waals surface area contributed by atoms with Crippen molar-refractivity contribution in [2.45, 2.75) is 13.1 Å². The number of hydrogen-bond donors (Lipinski definition) is 2. The largest absolute Gasteiger partial charge is 0.415 e. The van der Waals surface area contributed by atoms with Gasteiger partial charge in [-0.3, -0.25) is 14.9 Å². The summed E-state index contributed by atoms with van der Waals surface area (Å²) < 4.78 is 51.2. The number of amides is 1. The molecule has 1 amide bonds. The van der Waals surface area contributed by atoms with Crippen molar-refractivity contribution < 1.29 is 22.4 Å². The predicted molar refractivity (Wildman–Crippen MR) is 105 cm³/mol. The number of halogens is 4. The number of carbonyl (C=O) groups excluding carboxylic acids is 1. The third-order valence-corrected chi connectivity index (χ3v) is 4.21. The molecule has 0 saturated carbocycles. The summed E-state index contributed by atoms with van der Waals surface area (Å²) in [4.78, 5) is 16.5. The van der Waals surface area contributed by atoms with Crippen molar-refractivity contribution in [3.05, 3.63) is 84.2 Å². The van der Waals surface area contributed by atoms with Gasteiger partial charge in [0, 0.05) is 28.4 Å². The van der Waals surface area contributed by atoms with Gasteiger partial charge in [-0.15, -0.1) is 0 Å². The van der Waals surface area contributed by atoms with Crippen LogP contribution in [-0.2, 0) is 0 Å². The van der Waals surface area contributed by atoms with Crippen molar-refractivity contribution >= 4 is 16.8 Å². The molecule has 0 aliphatic rings. The third kappa shape index (κ3) is 4.62. The van der Waals surface area contributed by atoms with E-state index in [1.54, 1.807) is 25.1 Å². The fourth-order valence-electron chi connectivity index (χ4n) is 2.62. The highest BCUT2D eigenvalue weighted by atomic mass is 19.4. The third-order valence-electron chi connectivity index (χ3n) is 4.21. The number of allylic oxidation sites excluding steroid dienone is 4. The zero-order valence-electron chi connectivity index (χ0n) is 15.7. The predicted octanol–water partition coefficient (Wildman–Crippen LogP) is 5.07. The highest BCUT2D eigenvalue weighted by molar-refractivity contribution is 6.06. The molecule has 5 nitrogen and oxygen atoms in total. The Bertz CT molecular complexity index is 1180. The van der Waals surface area contributed by atoms with E-state index < -0.39 is 23.5 Å². The minimum atomic E-state index is -4.56. The molecule has 0 unspecified atom stereocenters. The first-order chi connectivity index (χ1) is 14.2. The molecule has 0 spiro atoms. The second kappa shape index (κ2) is 8.32. The van der Waals surface area contributed by atoms with Crippen LogP contribution in [0.25, 0.3) is 22.0 Å². The van der Waals surface area contributed by atoms with Gasteiger partial charge in [-0.2, -0.15) is 18.3 Å². The number of carbonyl (C=O) groups is 1. The minimum absolute atomic E-state index is 0.0404. The van der Waals surface area contributed by atoms with Crippen molar-refractivity contribution in [3.63, 3.8) is 0 Å². The van der Waals surface area contributed by atoms with Gasteiger partial charge in [-0.05, 0) is 42.8 Å². The Morgan fingerprint density at radius 1 is 1.17 bits per heavy atom. The number of nitrogens with one attached hydrogen (secondary N) is 2. The summed E-state index contributed by atoms with van der Waals surface area (Å²) in [7, 11) is 0. The van der Waals surface area contributed by atoms with Gasteiger partial charge in [-0.25, -0.2) is 4.39 Å². The molecule has 3 rings (SSSR count). The van der Waals surface area contributed by atoms with Gasteiger partial charge in [0.05, 0.1) is 11.7 Å². The number of benzene rings is 1. The Kier molecular flexibility index (Phi) is 5.81. The van der Waals surface area contributed by atoms with Crippen LogP contribution >= 0.6 is 0 Å². The van der Waals surface area contributed by atoms with Crippen LogP contribution in [0, 0.1) is 5.82 Å². The summed E-state index contributed by atoms with van der Waals surface area (Å²) >= 11 is 0. The first-order valence-electron chi connectivity index (χ1n) is 8.70. The smallest absolute Gasteiger partial charge is 0.321 e. The molecule has 0 aliphatic carbocycles. The standard InChI is InChI=1S/C21H16F4N4O/c1-3-16(6-4-12(2)21(23,24)25)27-20(30)19-17-9-13(5-7-18(17)28-29-19)14-8-15(22)11-26-10-14/h3-11H,2H2,1H3,(H,27,30)(H,28,29)/b6-4-,16-3+. The number of nitrogens with zero attached hydrogens (tertiary/aromatic N) is 2. The summed E-state index contributed by atoms with van der Waals surface area (Å²) in [5.41, 5.74) is 0.848. The van der Waals surface area contributed by atoms with Crippen LogP contribution in [0.5, 0.6) is 0 Å². The lowest BCUT2D eigenvalue weighted by Crippen LogP contribution is -2.22. The van der Waals surface area contributed by atoms with Crippen LogP contribution in [0.3, 0.4) is 0 Å². The number of aromatic nitrogens is 3. The summed E-state index contributed by atoms with van der Waals surface area (Å²) in [5.74, 6) is -1.12. The average molecular weight is 416 g/mol. The molecule has 154 valence electrons. The molecule has 2 N–H and O–H groups in total. The van der Waals surface area contributed by atoms with E-state index >= 15 is 0 Å².